The maximum absolute atomic E-state index is 12.4. The van der Waals surface area contributed by atoms with Gasteiger partial charge in [-0.2, -0.15) is 5.10 Å². The number of H-pyrrole nitrogens is 1. The molecule has 28 heavy (non-hydrogen) atoms. The highest BCUT2D eigenvalue weighted by Gasteiger charge is 2.19. The fourth-order valence-corrected chi connectivity index (χ4v) is 2.91. The van der Waals surface area contributed by atoms with Gasteiger partial charge in [-0.1, -0.05) is 52.8 Å². The Labute approximate surface area is 167 Å². The van der Waals surface area contributed by atoms with E-state index >= 15 is 0 Å². The molecule has 0 spiro atoms. The summed E-state index contributed by atoms with van der Waals surface area (Å²) < 4.78 is 0. The molecule has 0 saturated heterocycles. The maximum atomic E-state index is 12.4. The van der Waals surface area contributed by atoms with Crippen LogP contribution in [0.1, 0.15) is 70.3 Å². The van der Waals surface area contributed by atoms with Gasteiger partial charge < -0.3 is 10.2 Å². The molecule has 2 N–H and O–H groups in total. The van der Waals surface area contributed by atoms with Crippen molar-refractivity contribution in [2.45, 2.75) is 65.3 Å². The van der Waals surface area contributed by atoms with Crippen molar-refractivity contribution in [1.29, 1.82) is 0 Å². The molecule has 0 radical (unpaired) electrons. The molecule has 152 valence electrons. The lowest BCUT2D eigenvalue weighted by molar-refractivity contribution is -0.132. The van der Waals surface area contributed by atoms with Crippen molar-refractivity contribution < 1.29 is 9.59 Å². The number of nitrogens with zero attached hydrogens (tertiary/aromatic N) is 2. The van der Waals surface area contributed by atoms with Crippen LogP contribution in [0.4, 0.5) is 5.69 Å². The number of amides is 2. The van der Waals surface area contributed by atoms with Gasteiger partial charge in [0.1, 0.15) is 0 Å². The number of aromatic nitrogens is 2. The van der Waals surface area contributed by atoms with Crippen LogP contribution in [0.5, 0.6) is 0 Å². The van der Waals surface area contributed by atoms with E-state index in [2.05, 4.69) is 50.1 Å². The number of carbonyl (C=O) groups excluding carboxylic acids is 2. The second-order valence-electron chi connectivity index (χ2n) is 8.57. The minimum absolute atomic E-state index is 0.0400. The fraction of sp³-hybridized carbons (Fsp3) is 0.500. The summed E-state index contributed by atoms with van der Waals surface area (Å²) in [6.07, 6.45) is 0.332. The Balaban J connectivity index is 1.86. The van der Waals surface area contributed by atoms with Gasteiger partial charge in [0.15, 0.2) is 0 Å². The van der Waals surface area contributed by atoms with Crippen LogP contribution in [0.3, 0.4) is 0 Å². The van der Waals surface area contributed by atoms with Gasteiger partial charge in [0.25, 0.3) is 0 Å². The second kappa shape index (κ2) is 9.04. The van der Waals surface area contributed by atoms with E-state index in [0.717, 1.165) is 22.6 Å². The molecule has 1 heterocycles. The Morgan fingerprint density at radius 3 is 2.46 bits per heavy atom. The van der Waals surface area contributed by atoms with Crippen LogP contribution in [0.25, 0.3) is 0 Å². The average molecular weight is 385 g/mol. The predicted octanol–water partition coefficient (Wildman–Crippen LogP) is 4.21. The van der Waals surface area contributed by atoms with E-state index < -0.39 is 0 Å². The first kappa shape index (κ1) is 21.7. The standard InChI is InChI=1S/C22H32N4O2/c1-15(2)17-9-7-8-10-18(17)23-20(27)11-12-21(28)26(6)14-16-13-19(25-24-16)22(3,4)5/h7-10,13,15H,11-12,14H2,1-6H3,(H,23,27)(H,24,25). The lowest BCUT2D eigenvalue weighted by Gasteiger charge is -2.17. The van der Waals surface area contributed by atoms with E-state index in [-0.39, 0.29) is 30.1 Å². The molecule has 1 aromatic carbocycles. The molecule has 6 nitrogen and oxygen atoms in total. The SMILES string of the molecule is CC(C)c1ccccc1NC(=O)CCC(=O)N(C)Cc1cc(C(C)(C)C)n[nH]1. The first-order valence-corrected chi connectivity index (χ1v) is 9.75. The zero-order chi connectivity index (χ0) is 20.9. The van der Waals surface area contributed by atoms with E-state index in [1.165, 1.54) is 0 Å². The summed E-state index contributed by atoms with van der Waals surface area (Å²) in [5.41, 5.74) is 3.72. The van der Waals surface area contributed by atoms with Crippen molar-refractivity contribution >= 4 is 17.5 Å². The van der Waals surface area contributed by atoms with Gasteiger partial charge in [-0.3, -0.25) is 14.7 Å². The molecule has 2 amide bonds. The number of rotatable bonds is 7. The number of nitrogens with one attached hydrogen (secondary N) is 2. The molecule has 0 saturated carbocycles. The lowest BCUT2D eigenvalue weighted by atomic mass is 9.92. The van der Waals surface area contributed by atoms with Gasteiger partial charge in [0, 0.05) is 31.0 Å². The molecule has 2 aromatic rings. The first-order valence-electron chi connectivity index (χ1n) is 9.75. The molecule has 0 bridgehead atoms. The Bertz CT molecular complexity index is 818. The predicted molar refractivity (Wildman–Crippen MR) is 112 cm³/mol. The summed E-state index contributed by atoms with van der Waals surface area (Å²) in [6.45, 7) is 10.9. The van der Waals surface area contributed by atoms with Crippen LogP contribution in [0.15, 0.2) is 30.3 Å². The molecular weight excluding hydrogens is 352 g/mol. The normalized spacial score (nSPS) is 11.5. The van der Waals surface area contributed by atoms with Crippen LogP contribution in [-0.2, 0) is 21.5 Å². The quantitative estimate of drug-likeness (QED) is 0.751. The maximum Gasteiger partial charge on any atom is 0.224 e. The van der Waals surface area contributed by atoms with Gasteiger partial charge in [-0.05, 0) is 23.6 Å². The minimum atomic E-state index is -0.147. The number of carbonyl (C=O) groups is 2. The third-order valence-corrected chi connectivity index (χ3v) is 4.66. The number of hydrogen-bond donors (Lipinski definition) is 2. The van der Waals surface area contributed by atoms with Crippen molar-refractivity contribution in [3.63, 3.8) is 0 Å². The summed E-state index contributed by atoms with van der Waals surface area (Å²) in [5, 5.41) is 10.2. The van der Waals surface area contributed by atoms with Crippen LogP contribution in [0.2, 0.25) is 0 Å². The Morgan fingerprint density at radius 2 is 1.86 bits per heavy atom. The molecule has 6 heteroatoms. The third-order valence-electron chi connectivity index (χ3n) is 4.66. The Hall–Kier alpha value is -2.63. The molecular formula is C22H32N4O2. The lowest BCUT2D eigenvalue weighted by Crippen LogP contribution is -2.27. The highest BCUT2D eigenvalue weighted by atomic mass is 16.2. The third kappa shape index (κ3) is 5.94. The van der Waals surface area contributed by atoms with Gasteiger partial charge in [0.05, 0.1) is 17.9 Å². The summed E-state index contributed by atoms with van der Waals surface area (Å²) in [5.74, 6) is 0.0993. The molecule has 0 aliphatic rings. The largest absolute Gasteiger partial charge is 0.340 e. The Morgan fingerprint density at radius 1 is 1.18 bits per heavy atom. The smallest absolute Gasteiger partial charge is 0.224 e. The summed E-state index contributed by atoms with van der Waals surface area (Å²) >= 11 is 0. The van der Waals surface area contributed by atoms with E-state index in [0.29, 0.717) is 12.5 Å². The van der Waals surface area contributed by atoms with Crippen LogP contribution < -0.4 is 5.32 Å². The average Bonchev–Trinajstić information content (AvgIpc) is 3.08. The van der Waals surface area contributed by atoms with Crippen molar-refractivity contribution in [2.75, 3.05) is 12.4 Å². The van der Waals surface area contributed by atoms with Crippen molar-refractivity contribution in [3.05, 3.63) is 47.3 Å². The summed E-state index contributed by atoms with van der Waals surface area (Å²) in [7, 11) is 1.74. The monoisotopic (exact) mass is 384 g/mol. The van der Waals surface area contributed by atoms with Crippen LogP contribution in [0, 0.1) is 0 Å². The van der Waals surface area contributed by atoms with Gasteiger partial charge in [0.2, 0.25) is 11.8 Å². The Kier molecular flexibility index (Phi) is 7.00. The summed E-state index contributed by atoms with van der Waals surface area (Å²) in [6, 6.07) is 9.75. The van der Waals surface area contributed by atoms with Crippen LogP contribution >= 0.6 is 0 Å². The first-order chi connectivity index (χ1) is 13.1. The van der Waals surface area contributed by atoms with E-state index in [1.54, 1.807) is 11.9 Å². The van der Waals surface area contributed by atoms with Gasteiger partial charge >= 0.3 is 0 Å². The number of benzene rings is 1. The molecule has 1 aromatic heterocycles. The molecule has 0 fully saturated rings. The van der Waals surface area contributed by atoms with E-state index in [4.69, 9.17) is 0 Å². The number of anilines is 1. The zero-order valence-electron chi connectivity index (χ0n) is 17.8. The second-order valence-corrected chi connectivity index (χ2v) is 8.57. The minimum Gasteiger partial charge on any atom is -0.340 e. The van der Waals surface area contributed by atoms with Crippen molar-refractivity contribution in [3.8, 4) is 0 Å². The molecule has 0 atom stereocenters. The van der Waals surface area contributed by atoms with Crippen LogP contribution in [-0.4, -0.2) is 34.0 Å². The highest BCUT2D eigenvalue weighted by molar-refractivity contribution is 5.93. The summed E-state index contributed by atoms with van der Waals surface area (Å²) in [4.78, 5) is 26.3. The molecule has 0 unspecified atom stereocenters. The molecule has 0 aliphatic carbocycles. The number of hydrogen-bond acceptors (Lipinski definition) is 3. The van der Waals surface area contributed by atoms with Gasteiger partial charge in [-0.25, -0.2) is 0 Å². The topological polar surface area (TPSA) is 78.1 Å². The number of aromatic amines is 1. The molecule has 2 rings (SSSR count). The molecule has 0 aliphatic heterocycles. The van der Waals surface area contributed by atoms with Crippen molar-refractivity contribution in [2.24, 2.45) is 0 Å². The van der Waals surface area contributed by atoms with E-state index in [1.807, 2.05) is 30.3 Å². The zero-order valence-corrected chi connectivity index (χ0v) is 17.8. The number of para-hydroxylation sites is 1. The highest BCUT2D eigenvalue weighted by Crippen LogP contribution is 2.24. The van der Waals surface area contributed by atoms with E-state index in [9.17, 15) is 9.59 Å². The van der Waals surface area contributed by atoms with Crippen molar-refractivity contribution in [1.82, 2.24) is 15.1 Å². The van der Waals surface area contributed by atoms with Gasteiger partial charge in [-0.15, -0.1) is 0 Å². The fourth-order valence-electron chi connectivity index (χ4n) is 2.91.